The molecule has 0 saturated heterocycles. The van der Waals surface area contributed by atoms with Gasteiger partial charge in [0.15, 0.2) is 0 Å². The zero-order valence-corrected chi connectivity index (χ0v) is 10.9. The zero-order valence-electron chi connectivity index (χ0n) is 10.9. The minimum Gasteiger partial charge on any atom is -0.481 e. The van der Waals surface area contributed by atoms with E-state index >= 15 is 0 Å². The van der Waals surface area contributed by atoms with E-state index in [0.29, 0.717) is 30.3 Å². The van der Waals surface area contributed by atoms with Gasteiger partial charge < -0.3 is 14.0 Å². The number of aryl methyl sites for hydroxylation is 1. The van der Waals surface area contributed by atoms with Gasteiger partial charge in [-0.1, -0.05) is 17.3 Å². The standard InChI is InChI=1S/C14H14N2O4/c1-8-9(6-7-19-8)12-15-13(20-16-12)10-4-2-3-5-11(10)14(17)18/h2-3,6-7,10-11H,4-5H2,1H3,(H,17,18)/t10-,11+/m1/s1. The molecule has 2 aromatic heterocycles. The number of carbonyl (C=O) groups is 1. The predicted octanol–water partition coefficient (Wildman–Crippen LogP) is 2.77. The molecule has 0 unspecified atom stereocenters. The minimum atomic E-state index is -0.835. The molecule has 0 saturated carbocycles. The molecule has 1 N–H and O–H groups in total. The Kier molecular flexibility index (Phi) is 3.14. The van der Waals surface area contributed by atoms with E-state index in [9.17, 15) is 9.90 Å². The van der Waals surface area contributed by atoms with Crippen molar-refractivity contribution in [3.05, 3.63) is 36.1 Å². The highest BCUT2D eigenvalue weighted by molar-refractivity contribution is 5.71. The van der Waals surface area contributed by atoms with Gasteiger partial charge in [-0.3, -0.25) is 4.79 Å². The van der Waals surface area contributed by atoms with Gasteiger partial charge in [0.05, 0.1) is 23.7 Å². The zero-order chi connectivity index (χ0) is 14.1. The first-order valence-electron chi connectivity index (χ1n) is 6.42. The lowest BCUT2D eigenvalue weighted by molar-refractivity contribution is -0.142. The molecule has 0 amide bonds. The van der Waals surface area contributed by atoms with E-state index < -0.39 is 11.9 Å². The van der Waals surface area contributed by atoms with Gasteiger partial charge in [-0.2, -0.15) is 4.98 Å². The van der Waals surface area contributed by atoms with Gasteiger partial charge in [-0.15, -0.1) is 0 Å². The quantitative estimate of drug-likeness (QED) is 0.865. The number of aliphatic carboxylic acids is 1. The number of aromatic nitrogens is 2. The largest absolute Gasteiger partial charge is 0.481 e. The molecule has 2 heterocycles. The molecule has 6 heteroatoms. The predicted molar refractivity (Wildman–Crippen MR) is 69.0 cm³/mol. The van der Waals surface area contributed by atoms with Crippen LogP contribution < -0.4 is 0 Å². The molecule has 1 aliphatic carbocycles. The van der Waals surface area contributed by atoms with Gasteiger partial charge in [0.25, 0.3) is 0 Å². The maximum atomic E-state index is 11.3. The van der Waals surface area contributed by atoms with E-state index in [1.807, 2.05) is 19.1 Å². The number of carboxylic acids is 1. The first kappa shape index (κ1) is 12.7. The van der Waals surface area contributed by atoms with E-state index in [4.69, 9.17) is 8.94 Å². The van der Waals surface area contributed by atoms with Crippen molar-refractivity contribution >= 4 is 5.97 Å². The second kappa shape index (κ2) is 4.96. The second-order valence-electron chi connectivity index (χ2n) is 4.84. The number of hydrogen-bond donors (Lipinski definition) is 1. The van der Waals surface area contributed by atoms with Crippen LogP contribution in [0.4, 0.5) is 0 Å². The van der Waals surface area contributed by atoms with Crippen LogP contribution in [0.25, 0.3) is 11.4 Å². The molecule has 1 aliphatic rings. The molecule has 2 aromatic rings. The number of allylic oxidation sites excluding steroid dienone is 2. The smallest absolute Gasteiger partial charge is 0.307 e. The molecule has 0 aromatic carbocycles. The molecule has 0 fully saturated rings. The van der Waals surface area contributed by atoms with Crippen LogP contribution in [0.3, 0.4) is 0 Å². The van der Waals surface area contributed by atoms with Crippen LogP contribution in [0, 0.1) is 12.8 Å². The van der Waals surface area contributed by atoms with E-state index in [1.165, 1.54) is 0 Å². The SMILES string of the molecule is Cc1occc1-c1noc([C@@H]2CC=CC[C@@H]2C(=O)O)n1. The van der Waals surface area contributed by atoms with Gasteiger partial charge in [-0.25, -0.2) is 0 Å². The molecule has 0 radical (unpaired) electrons. The van der Waals surface area contributed by atoms with Gasteiger partial charge in [0.1, 0.15) is 5.76 Å². The molecule has 20 heavy (non-hydrogen) atoms. The molecule has 3 rings (SSSR count). The molecule has 6 nitrogen and oxygen atoms in total. The number of nitrogens with zero attached hydrogens (tertiary/aromatic N) is 2. The fourth-order valence-electron chi connectivity index (χ4n) is 2.47. The third-order valence-corrected chi connectivity index (χ3v) is 3.61. The fraction of sp³-hybridized carbons (Fsp3) is 0.357. The van der Waals surface area contributed by atoms with Crippen molar-refractivity contribution in [1.29, 1.82) is 0 Å². The lowest BCUT2D eigenvalue weighted by Gasteiger charge is -2.21. The Balaban J connectivity index is 1.91. The highest BCUT2D eigenvalue weighted by Crippen LogP contribution is 2.35. The normalized spacial score (nSPS) is 22.1. The van der Waals surface area contributed by atoms with Crippen molar-refractivity contribution in [2.24, 2.45) is 5.92 Å². The van der Waals surface area contributed by atoms with E-state index in [2.05, 4.69) is 10.1 Å². The van der Waals surface area contributed by atoms with Crippen LogP contribution in [0.5, 0.6) is 0 Å². The molecule has 104 valence electrons. The van der Waals surface area contributed by atoms with E-state index in [0.717, 1.165) is 5.56 Å². The average molecular weight is 274 g/mol. The Labute approximate surface area is 115 Å². The van der Waals surface area contributed by atoms with Gasteiger partial charge in [-0.05, 0) is 25.8 Å². The molecule has 2 atom stereocenters. The summed E-state index contributed by atoms with van der Waals surface area (Å²) in [5.74, 6) is -0.110. The van der Waals surface area contributed by atoms with Crippen LogP contribution in [0.15, 0.2) is 33.4 Å². The average Bonchev–Trinajstić information content (AvgIpc) is 3.07. The summed E-state index contributed by atoms with van der Waals surface area (Å²) in [6.07, 6.45) is 6.49. The van der Waals surface area contributed by atoms with Gasteiger partial charge in [0, 0.05) is 0 Å². The molecule has 0 aliphatic heterocycles. The maximum Gasteiger partial charge on any atom is 0.307 e. The number of rotatable bonds is 3. The van der Waals surface area contributed by atoms with Crippen molar-refractivity contribution in [3.63, 3.8) is 0 Å². The summed E-state index contributed by atoms with van der Waals surface area (Å²) in [4.78, 5) is 15.6. The summed E-state index contributed by atoms with van der Waals surface area (Å²) < 4.78 is 10.5. The summed E-state index contributed by atoms with van der Waals surface area (Å²) in [5.41, 5.74) is 0.762. The topological polar surface area (TPSA) is 89.4 Å². The van der Waals surface area contributed by atoms with E-state index in [1.54, 1.807) is 12.3 Å². The van der Waals surface area contributed by atoms with Crippen molar-refractivity contribution in [2.75, 3.05) is 0 Å². The summed E-state index contributed by atoms with van der Waals surface area (Å²) in [6.45, 7) is 1.81. The lowest BCUT2D eigenvalue weighted by atomic mass is 9.83. The Morgan fingerprint density at radius 2 is 2.20 bits per heavy atom. The Hall–Kier alpha value is -2.37. The van der Waals surface area contributed by atoms with Crippen LogP contribution >= 0.6 is 0 Å². The van der Waals surface area contributed by atoms with Gasteiger partial charge in [0.2, 0.25) is 11.7 Å². The van der Waals surface area contributed by atoms with Crippen molar-refractivity contribution in [2.45, 2.75) is 25.7 Å². The fourth-order valence-corrected chi connectivity index (χ4v) is 2.47. The van der Waals surface area contributed by atoms with Crippen LogP contribution in [-0.2, 0) is 4.79 Å². The molecular formula is C14H14N2O4. The highest BCUT2D eigenvalue weighted by Gasteiger charge is 2.34. The van der Waals surface area contributed by atoms with Crippen molar-refractivity contribution < 1.29 is 18.8 Å². The van der Waals surface area contributed by atoms with Crippen molar-refractivity contribution in [3.8, 4) is 11.4 Å². The first-order chi connectivity index (χ1) is 9.66. The lowest BCUT2D eigenvalue weighted by Crippen LogP contribution is -2.23. The third kappa shape index (κ3) is 2.13. The molecular weight excluding hydrogens is 260 g/mol. The van der Waals surface area contributed by atoms with Crippen LogP contribution in [0.2, 0.25) is 0 Å². The minimum absolute atomic E-state index is 0.272. The third-order valence-electron chi connectivity index (χ3n) is 3.61. The van der Waals surface area contributed by atoms with Crippen LogP contribution in [0.1, 0.15) is 30.4 Å². The molecule has 0 spiro atoms. The Bertz CT molecular complexity index is 656. The molecule has 0 bridgehead atoms. The second-order valence-corrected chi connectivity index (χ2v) is 4.84. The Morgan fingerprint density at radius 1 is 1.40 bits per heavy atom. The summed E-state index contributed by atoms with van der Waals surface area (Å²) in [5, 5.41) is 13.2. The van der Waals surface area contributed by atoms with Gasteiger partial charge >= 0.3 is 5.97 Å². The number of carboxylic acid groups (broad SMARTS) is 1. The summed E-state index contributed by atoms with van der Waals surface area (Å²) in [6, 6.07) is 1.76. The van der Waals surface area contributed by atoms with E-state index in [-0.39, 0.29) is 5.92 Å². The highest BCUT2D eigenvalue weighted by atomic mass is 16.5. The number of furan rings is 1. The maximum absolute atomic E-state index is 11.3. The first-order valence-corrected chi connectivity index (χ1v) is 6.42. The summed E-state index contributed by atoms with van der Waals surface area (Å²) in [7, 11) is 0. The monoisotopic (exact) mass is 274 g/mol. The Morgan fingerprint density at radius 3 is 2.90 bits per heavy atom. The van der Waals surface area contributed by atoms with Crippen LogP contribution in [-0.4, -0.2) is 21.2 Å². The van der Waals surface area contributed by atoms with Crippen molar-refractivity contribution in [1.82, 2.24) is 10.1 Å². The summed E-state index contributed by atoms with van der Waals surface area (Å²) >= 11 is 0. The number of hydrogen-bond acceptors (Lipinski definition) is 5.